The van der Waals surface area contributed by atoms with Crippen molar-refractivity contribution in [1.29, 1.82) is 0 Å². The molecule has 0 fully saturated rings. The number of unbranched alkanes of at least 4 members (excludes halogenated alkanes) is 1. The first-order valence-corrected chi connectivity index (χ1v) is 8.71. The predicted molar refractivity (Wildman–Crippen MR) is 80.5 cm³/mol. The molecule has 1 aliphatic rings. The monoisotopic (exact) mass is 296 g/mol. The van der Waals surface area contributed by atoms with Crippen LogP contribution >= 0.6 is 0 Å². The molecular weight excluding hydrogens is 276 g/mol. The number of anilines is 2. The van der Waals surface area contributed by atoms with Gasteiger partial charge in [-0.05, 0) is 36.6 Å². The third-order valence-electron chi connectivity index (χ3n) is 3.32. The second kappa shape index (κ2) is 5.83. The van der Waals surface area contributed by atoms with E-state index in [1.807, 2.05) is 17.0 Å². The van der Waals surface area contributed by atoms with Gasteiger partial charge in [-0.25, -0.2) is 8.42 Å². The van der Waals surface area contributed by atoms with Crippen LogP contribution in [0.15, 0.2) is 18.2 Å². The van der Waals surface area contributed by atoms with Crippen molar-refractivity contribution >= 4 is 27.3 Å². The van der Waals surface area contributed by atoms with Gasteiger partial charge in [0.1, 0.15) is 0 Å². The minimum atomic E-state index is -3.27. The molecule has 0 atom stereocenters. The molecule has 0 unspecified atom stereocenters. The lowest BCUT2D eigenvalue weighted by Gasteiger charge is -2.29. The number of hydrogen-bond acceptors (Lipinski definition) is 3. The zero-order valence-electron chi connectivity index (χ0n) is 11.8. The van der Waals surface area contributed by atoms with Crippen molar-refractivity contribution in [2.45, 2.75) is 32.6 Å². The van der Waals surface area contributed by atoms with Gasteiger partial charge < -0.3 is 4.90 Å². The third-order valence-corrected chi connectivity index (χ3v) is 3.92. The topological polar surface area (TPSA) is 66.5 Å². The summed E-state index contributed by atoms with van der Waals surface area (Å²) in [6.07, 6.45) is 4.28. The molecule has 0 aliphatic carbocycles. The molecule has 1 heterocycles. The Labute approximate surface area is 120 Å². The molecule has 0 bridgehead atoms. The number of sulfonamides is 1. The highest BCUT2D eigenvalue weighted by Crippen LogP contribution is 2.30. The van der Waals surface area contributed by atoms with Gasteiger partial charge in [0, 0.05) is 24.3 Å². The van der Waals surface area contributed by atoms with Crippen LogP contribution in [0.3, 0.4) is 0 Å². The zero-order chi connectivity index (χ0) is 14.8. The number of carbonyl (C=O) groups is 1. The van der Waals surface area contributed by atoms with E-state index < -0.39 is 10.0 Å². The molecule has 1 aromatic carbocycles. The Balaban J connectivity index is 2.28. The van der Waals surface area contributed by atoms with Gasteiger partial charge in [-0.2, -0.15) is 0 Å². The van der Waals surface area contributed by atoms with Crippen molar-refractivity contribution in [3.63, 3.8) is 0 Å². The maximum atomic E-state index is 12.0. The molecular formula is C14H20N2O3S. The van der Waals surface area contributed by atoms with Crippen LogP contribution in [0.25, 0.3) is 0 Å². The summed E-state index contributed by atoms with van der Waals surface area (Å²) in [7, 11) is -3.27. The SMILES string of the molecule is CCCCN1C(=O)CCc2cc(NS(C)(=O)=O)ccc21. The number of carbonyl (C=O) groups excluding carboxylic acids is 1. The van der Waals surface area contributed by atoms with E-state index in [1.165, 1.54) is 0 Å². The average molecular weight is 296 g/mol. The van der Waals surface area contributed by atoms with Crippen LogP contribution in [0.1, 0.15) is 31.7 Å². The Morgan fingerprint density at radius 1 is 1.30 bits per heavy atom. The highest BCUT2D eigenvalue weighted by Gasteiger charge is 2.23. The molecule has 0 spiro atoms. The van der Waals surface area contributed by atoms with Crippen molar-refractivity contribution in [1.82, 2.24) is 0 Å². The van der Waals surface area contributed by atoms with Crippen LogP contribution in [0.5, 0.6) is 0 Å². The minimum absolute atomic E-state index is 0.148. The van der Waals surface area contributed by atoms with Gasteiger partial charge >= 0.3 is 0 Å². The normalized spacial score (nSPS) is 15.1. The fraction of sp³-hybridized carbons (Fsp3) is 0.500. The molecule has 1 aromatic rings. The van der Waals surface area contributed by atoms with Gasteiger partial charge in [0.15, 0.2) is 0 Å². The summed E-state index contributed by atoms with van der Waals surface area (Å²) in [5, 5.41) is 0. The van der Waals surface area contributed by atoms with Gasteiger partial charge in [0.25, 0.3) is 0 Å². The molecule has 0 aromatic heterocycles. The summed E-state index contributed by atoms with van der Waals surface area (Å²) in [4.78, 5) is 13.8. The summed E-state index contributed by atoms with van der Waals surface area (Å²) < 4.78 is 25.0. The molecule has 6 heteroatoms. The maximum absolute atomic E-state index is 12.0. The molecule has 20 heavy (non-hydrogen) atoms. The highest BCUT2D eigenvalue weighted by molar-refractivity contribution is 7.92. The fourth-order valence-corrected chi connectivity index (χ4v) is 2.95. The first-order valence-electron chi connectivity index (χ1n) is 6.82. The molecule has 0 saturated heterocycles. The van der Waals surface area contributed by atoms with E-state index in [2.05, 4.69) is 11.6 Å². The lowest BCUT2D eigenvalue weighted by molar-refractivity contribution is -0.118. The van der Waals surface area contributed by atoms with E-state index in [0.29, 0.717) is 18.5 Å². The third kappa shape index (κ3) is 3.50. The standard InChI is InChI=1S/C14H20N2O3S/c1-3-4-9-16-13-7-6-12(15-20(2,18)19)10-11(13)5-8-14(16)17/h6-7,10,15H,3-5,8-9H2,1-2H3. The summed E-state index contributed by atoms with van der Waals surface area (Å²) in [6.45, 7) is 2.82. The first kappa shape index (κ1) is 14.8. The molecule has 5 nitrogen and oxygen atoms in total. The first-order chi connectivity index (χ1) is 9.40. The van der Waals surface area contributed by atoms with E-state index in [9.17, 15) is 13.2 Å². The molecule has 2 rings (SSSR count). The fourth-order valence-electron chi connectivity index (χ4n) is 2.40. The summed E-state index contributed by atoms with van der Waals surface area (Å²) in [6, 6.07) is 5.36. The summed E-state index contributed by atoms with van der Waals surface area (Å²) in [5.74, 6) is 0.148. The van der Waals surface area contributed by atoms with E-state index in [4.69, 9.17) is 0 Å². The Bertz CT molecular complexity index is 611. The molecule has 110 valence electrons. The number of nitrogens with one attached hydrogen (secondary N) is 1. The predicted octanol–water partition coefficient (Wildman–Crippen LogP) is 2.14. The second-order valence-electron chi connectivity index (χ2n) is 5.12. The molecule has 1 aliphatic heterocycles. The van der Waals surface area contributed by atoms with E-state index in [1.54, 1.807) is 6.07 Å². The van der Waals surface area contributed by atoms with Crippen molar-refractivity contribution in [3.05, 3.63) is 23.8 Å². The molecule has 1 amide bonds. The van der Waals surface area contributed by atoms with Crippen molar-refractivity contribution in [3.8, 4) is 0 Å². The Morgan fingerprint density at radius 2 is 2.05 bits per heavy atom. The summed E-state index contributed by atoms with van der Waals surface area (Å²) in [5.41, 5.74) is 2.49. The van der Waals surface area contributed by atoms with Crippen LogP contribution in [-0.2, 0) is 21.2 Å². The number of nitrogens with zero attached hydrogens (tertiary/aromatic N) is 1. The van der Waals surface area contributed by atoms with Crippen LogP contribution in [-0.4, -0.2) is 27.1 Å². The van der Waals surface area contributed by atoms with E-state index >= 15 is 0 Å². The van der Waals surface area contributed by atoms with Gasteiger partial charge in [-0.3, -0.25) is 9.52 Å². The van der Waals surface area contributed by atoms with Gasteiger partial charge in [-0.1, -0.05) is 13.3 Å². The smallest absolute Gasteiger partial charge is 0.229 e. The van der Waals surface area contributed by atoms with E-state index in [-0.39, 0.29) is 5.91 Å². The van der Waals surface area contributed by atoms with Crippen molar-refractivity contribution < 1.29 is 13.2 Å². The van der Waals surface area contributed by atoms with Crippen LogP contribution in [0.4, 0.5) is 11.4 Å². The number of benzene rings is 1. The highest BCUT2D eigenvalue weighted by atomic mass is 32.2. The van der Waals surface area contributed by atoms with Crippen LogP contribution in [0, 0.1) is 0 Å². The quantitative estimate of drug-likeness (QED) is 0.905. The molecule has 0 saturated carbocycles. The summed E-state index contributed by atoms with van der Waals surface area (Å²) >= 11 is 0. The number of hydrogen-bond donors (Lipinski definition) is 1. The zero-order valence-corrected chi connectivity index (χ0v) is 12.7. The van der Waals surface area contributed by atoms with Gasteiger partial charge in [-0.15, -0.1) is 0 Å². The van der Waals surface area contributed by atoms with Crippen LogP contribution in [0.2, 0.25) is 0 Å². The van der Waals surface area contributed by atoms with Crippen molar-refractivity contribution in [2.24, 2.45) is 0 Å². The second-order valence-corrected chi connectivity index (χ2v) is 6.87. The Kier molecular flexibility index (Phi) is 4.32. The molecule has 0 radical (unpaired) electrons. The number of aryl methyl sites for hydroxylation is 1. The van der Waals surface area contributed by atoms with Crippen molar-refractivity contribution in [2.75, 3.05) is 22.4 Å². The average Bonchev–Trinajstić information content (AvgIpc) is 2.36. The lowest BCUT2D eigenvalue weighted by Crippen LogP contribution is -2.35. The van der Waals surface area contributed by atoms with Gasteiger partial charge in [0.2, 0.25) is 15.9 Å². The molecule has 1 N–H and O–H groups in total. The Morgan fingerprint density at radius 3 is 2.70 bits per heavy atom. The maximum Gasteiger partial charge on any atom is 0.229 e. The van der Waals surface area contributed by atoms with E-state index in [0.717, 1.165) is 36.9 Å². The minimum Gasteiger partial charge on any atom is -0.312 e. The van der Waals surface area contributed by atoms with Crippen LogP contribution < -0.4 is 9.62 Å². The largest absolute Gasteiger partial charge is 0.312 e. The Hall–Kier alpha value is -1.56. The number of rotatable bonds is 5. The van der Waals surface area contributed by atoms with Gasteiger partial charge in [0.05, 0.1) is 6.26 Å². The number of fused-ring (bicyclic) bond motifs is 1. The number of amides is 1. The lowest BCUT2D eigenvalue weighted by atomic mass is 10.00.